The molecule has 7 nitrogen and oxygen atoms in total. The van der Waals surface area contributed by atoms with E-state index < -0.39 is 9.84 Å². The lowest BCUT2D eigenvalue weighted by atomic mass is 10.4. The Bertz CT molecular complexity index is 636. The monoisotopic (exact) mass is 316 g/mol. The Morgan fingerprint density at radius 1 is 1.40 bits per heavy atom. The van der Waals surface area contributed by atoms with E-state index in [1.807, 2.05) is 0 Å². The highest BCUT2D eigenvalue weighted by Crippen LogP contribution is 2.42. The SMILES string of the molecule is Nc1nsc(N2CCCNC(=O)C2)c1S(=O)(=O)C1CC1. The molecule has 1 aliphatic carbocycles. The first-order valence-electron chi connectivity index (χ1n) is 6.51. The maximum Gasteiger partial charge on any atom is 0.239 e. The van der Waals surface area contributed by atoms with Crippen molar-refractivity contribution in [3.05, 3.63) is 0 Å². The lowest BCUT2D eigenvalue weighted by Crippen LogP contribution is -2.33. The van der Waals surface area contributed by atoms with Crippen LogP contribution in [0.5, 0.6) is 0 Å². The van der Waals surface area contributed by atoms with E-state index in [0.717, 1.165) is 18.0 Å². The zero-order valence-electron chi connectivity index (χ0n) is 10.8. The second kappa shape index (κ2) is 4.88. The number of carbonyl (C=O) groups excluding carboxylic acids is 1. The van der Waals surface area contributed by atoms with Gasteiger partial charge in [-0.25, -0.2) is 8.42 Å². The van der Waals surface area contributed by atoms with Crippen LogP contribution >= 0.6 is 11.5 Å². The molecule has 0 aromatic carbocycles. The summed E-state index contributed by atoms with van der Waals surface area (Å²) in [5.74, 6) is -0.0502. The smallest absolute Gasteiger partial charge is 0.239 e. The van der Waals surface area contributed by atoms with Gasteiger partial charge in [-0.3, -0.25) is 4.79 Å². The number of amides is 1. The quantitative estimate of drug-likeness (QED) is 0.812. The molecule has 1 aromatic heterocycles. The minimum Gasteiger partial charge on any atom is -0.382 e. The molecule has 3 rings (SSSR count). The van der Waals surface area contributed by atoms with Crippen molar-refractivity contribution in [1.29, 1.82) is 0 Å². The van der Waals surface area contributed by atoms with E-state index in [1.54, 1.807) is 4.90 Å². The van der Waals surface area contributed by atoms with Gasteiger partial charge < -0.3 is 16.0 Å². The predicted octanol–water partition coefficient (Wildman–Crippen LogP) is -0.0123. The van der Waals surface area contributed by atoms with E-state index in [4.69, 9.17) is 5.73 Å². The number of anilines is 2. The number of sulfone groups is 1. The summed E-state index contributed by atoms with van der Waals surface area (Å²) in [6, 6.07) is 0. The van der Waals surface area contributed by atoms with Gasteiger partial charge in [0.25, 0.3) is 0 Å². The summed E-state index contributed by atoms with van der Waals surface area (Å²) in [5, 5.41) is 2.94. The van der Waals surface area contributed by atoms with Crippen LogP contribution < -0.4 is 16.0 Å². The maximum absolute atomic E-state index is 12.5. The first-order valence-corrected chi connectivity index (χ1v) is 8.83. The second-order valence-electron chi connectivity index (χ2n) is 5.07. The van der Waals surface area contributed by atoms with Gasteiger partial charge in [-0.15, -0.1) is 0 Å². The van der Waals surface area contributed by atoms with E-state index in [-0.39, 0.29) is 28.4 Å². The van der Waals surface area contributed by atoms with Gasteiger partial charge in [0.2, 0.25) is 5.91 Å². The van der Waals surface area contributed by atoms with Gasteiger partial charge in [-0.05, 0) is 30.8 Å². The average molecular weight is 316 g/mol. The van der Waals surface area contributed by atoms with Gasteiger partial charge in [-0.1, -0.05) is 0 Å². The van der Waals surface area contributed by atoms with Crippen LogP contribution in [0.2, 0.25) is 0 Å². The molecule has 2 heterocycles. The molecule has 110 valence electrons. The Hall–Kier alpha value is -1.35. The molecule has 1 saturated carbocycles. The van der Waals surface area contributed by atoms with Crippen molar-refractivity contribution in [2.24, 2.45) is 0 Å². The Morgan fingerprint density at radius 3 is 2.85 bits per heavy atom. The normalized spacial score (nSPS) is 20.6. The van der Waals surface area contributed by atoms with Gasteiger partial charge in [-0.2, -0.15) is 4.37 Å². The molecular weight excluding hydrogens is 300 g/mol. The van der Waals surface area contributed by atoms with Crippen LogP contribution in [-0.2, 0) is 14.6 Å². The minimum atomic E-state index is -3.41. The molecule has 0 spiro atoms. The third kappa shape index (κ3) is 2.35. The van der Waals surface area contributed by atoms with E-state index in [0.29, 0.717) is 30.9 Å². The van der Waals surface area contributed by atoms with Crippen molar-refractivity contribution in [3.63, 3.8) is 0 Å². The first kappa shape index (κ1) is 13.6. The Balaban J connectivity index is 2.00. The number of nitrogens with zero attached hydrogens (tertiary/aromatic N) is 2. The van der Waals surface area contributed by atoms with Crippen LogP contribution in [0.15, 0.2) is 4.90 Å². The Kier molecular flexibility index (Phi) is 3.33. The summed E-state index contributed by atoms with van der Waals surface area (Å²) in [7, 11) is -3.41. The molecule has 1 aliphatic heterocycles. The molecule has 20 heavy (non-hydrogen) atoms. The van der Waals surface area contributed by atoms with Crippen molar-refractivity contribution >= 4 is 38.1 Å². The number of aromatic nitrogens is 1. The predicted molar refractivity (Wildman–Crippen MR) is 76.6 cm³/mol. The average Bonchev–Trinajstić information content (AvgIpc) is 3.18. The van der Waals surface area contributed by atoms with Gasteiger partial charge in [0.05, 0.1) is 11.8 Å². The standard InChI is InChI=1S/C11H16N4O3S2/c12-10-9(20(17,18)7-2-3-7)11(19-14-10)15-5-1-4-13-8(16)6-15/h7H,1-6H2,(H2,12,14)(H,13,16). The number of carbonyl (C=O) groups is 1. The van der Waals surface area contributed by atoms with Gasteiger partial charge >= 0.3 is 0 Å². The van der Waals surface area contributed by atoms with E-state index >= 15 is 0 Å². The second-order valence-corrected chi connectivity index (χ2v) is 7.99. The van der Waals surface area contributed by atoms with Crippen molar-refractivity contribution in [2.45, 2.75) is 29.4 Å². The van der Waals surface area contributed by atoms with Crippen LogP contribution in [0.3, 0.4) is 0 Å². The molecule has 1 saturated heterocycles. The van der Waals surface area contributed by atoms with Crippen LogP contribution in [0, 0.1) is 0 Å². The van der Waals surface area contributed by atoms with E-state index in [1.165, 1.54) is 0 Å². The highest BCUT2D eigenvalue weighted by Gasteiger charge is 2.41. The van der Waals surface area contributed by atoms with Crippen LogP contribution in [0.1, 0.15) is 19.3 Å². The number of nitrogens with two attached hydrogens (primary N) is 1. The number of hydrogen-bond donors (Lipinski definition) is 2. The van der Waals surface area contributed by atoms with Crippen LogP contribution in [-0.4, -0.2) is 43.6 Å². The van der Waals surface area contributed by atoms with Crippen LogP contribution in [0.4, 0.5) is 10.8 Å². The van der Waals surface area contributed by atoms with Gasteiger partial charge in [0.1, 0.15) is 9.90 Å². The summed E-state index contributed by atoms with van der Waals surface area (Å²) in [5.41, 5.74) is 5.77. The largest absolute Gasteiger partial charge is 0.382 e. The zero-order valence-corrected chi connectivity index (χ0v) is 12.5. The van der Waals surface area contributed by atoms with Crippen molar-refractivity contribution in [1.82, 2.24) is 9.69 Å². The molecule has 0 unspecified atom stereocenters. The lowest BCUT2D eigenvalue weighted by Gasteiger charge is -2.20. The number of hydrogen-bond acceptors (Lipinski definition) is 7. The highest BCUT2D eigenvalue weighted by molar-refractivity contribution is 7.92. The summed E-state index contributed by atoms with van der Waals surface area (Å²) in [6.45, 7) is 1.37. The molecule has 3 N–H and O–H groups in total. The van der Waals surface area contributed by atoms with E-state index in [2.05, 4.69) is 9.69 Å². The highest BCUT2D eigenvalue weighted by atomic mass is 32.2. The molecule has 0 atom stereocenters. The fourth-order valence-corrected chi connectivity index (χ4v) is 5.33. The zero-order chi connectivity index (χ0) is 14.3. The Labute approximate surface area is 121 Å². The summed E-state index contributed by atoms with van der Waals surface area (Å²) < 4.78 is 28.9. The fourth-order valence-electron chi connectivity index (χ4n) is 2.28. The topological polar surface area (TPSA) is 105 Å². The molecule has 2 aliphatic rings. The summed E-state index contributed by atoms with van der Waals surface area (Å²) in [6.07, 6.45) is 2.13. The van der Waals surface area contributed by atoms with Crippen LogP contribution in [0.25, 0.3) is 0 Å². The lowest BCUT2D eigenvalue weighted by molar-refractivity contribution is -0.119. The van der Waals surface area contributed by atoms with Crippen molar-refractivity contribution < 1.29 is 13.2 Å². The molecule has 0 bridgehead atoms. The third-order valence-corrected chi connectivity index (χ3v) is 6.83. The molecule has 1 amide bonds. The Morgan fingerprint density at radius 2 is 2.15 bits per heavy atom. The van der Waals surface area contributed by atoms with Gasteiger partial charge in [0, 0.05) is 13.1 Å². The van der Waals surface area contributed by atoms with Crippen molar-refractivity contribution in [3.8, 4) is 0 Å². The first-order chi connectivity index (χ1) is 9.50. The number of nitrogen functional groups attached to an aromatic ring is 1. The van der Waals surface area contributed by atoms with E-state index in [9.17, 15) is 13.2 Å². The fraction of sp³-hybridized carbons (Fsp3) is 0.636. The maximum atomic E-state index is 12.5. The molecule has 2 fully saturated rings. The van der Waals surface area contributed by atoms with Crippen molar-refractivity contribution in [2.75, 3.05) is 30.3 Å². The molecule has 1 aromatic rings. The molecule has 0 radical (unpaired) electrons. The summed E-state index contributed by atoms with van der Waals surface area (Å²) >= 11 is 1.06. The third-order valence-electron chi connectivity index (χ3n) is 3.45. The summed E-state index contributed by atoms with van der Waals surface area (Å²) in [4.78, 5) is 13.5. The van der Waals surface area contributed by atoms with Gasteiger partial charge in [0.15, 0.2) is 15.7 Å². The molecular formula is C11H16N4O3S2. The number of rotatable bonds is 3. The number of nitrogens with one attached hydrogen (secondary N) is 1. The minimum absolute atomic E-state index is 0.0570. The molecule has 9 heteroatoms.